The molecule has 5 aromatic rings. The molecule has 5 rings (SSSR count). The van der Waals surface area contributed by atoms with Crippen LogP contribution in [0.1, 0.15) is 16.7 Å². The van der Waals surface area contributed by atoms with Crippen molar-refractivity contribution in [2.45, 2.75) is 20.5 Å². The molecule has 0 saturated carbocycles. The number of aromatic nitrogens is 1. The zero-order valence-electron chi connectivity index (χ0n) is 19.9. The third-order valence-corrected chi connectivity index (χ3v) is 5.96. The number of rotatable bonds is 6. The minimum Gasteiger partial charge on any atom is -0.496 e. The first-order valence-electron chi connectivity index (χ1n) is 11.4. The summed E-state index contributed by atoms with van der Waals surface area (Å²) in [7, 11) is 1.62. The van der Waals surface area contributed by atoms with Crippen LogP contribution in [0.3, 0.4) is 0 Å². The average molecular weight is 464 g/mol. The van der Waals surface area contributed by atoms with E-state index >= 15 is 0 Å². The lowest BCUT2D eigenvalue weighted by molar-refractivity contribution is 0.295. The van der Waals surface area contributed by atoms with Crippen molar-refractivity contribution in [2.75, 3.05) is 7.11 Å². The Kier molecular flexibility index (Phi) is 6.06. The molecule has 35 heavy (non-hydrogen) atoms. The van der Waals surface area contributed by atoms with Gasteiger partial charge in [0, 0.05) is 11.8 Å². The van der Waals surface area contributed by atoms with Gasteiger partial charge in [-0.05, 0) is 72.3 Å². The second-order valence-corrected chi connectivity index (χ2v) is 8.49. The van der Waals surface area contributed by atoms with Crippen LogP contribution in [0.15, 0.2) is 94.3 Å². The monoisotopic (exact) mass is 463 g/mol. The fourth-order valence-corrected chi connectivity index (χ4v) is 4.27. The van der Waals surface area contributed by atoms with Crippen molar-refractivity contribution in [3.63, 3.8) is 0 Å². The third-order valence-electron chi connectivity index (χ3n) is 5.96. The summed E-state index contributed by atoms with van der Waals surface area (Å²) >= 11 is 0. The molecule has 0 bridgehead atoms. The van der Waals surface area contributed by atoms with Crippen LogP contribution < -0.4 is 15.1 Å². The lowest BCUT2D eigenvalue weighted by atomic mass is 9.97. The van der Waals surface area contributed by atoms with Gasteiger partial charge in [-0.15, -0.1) is 0 Å². The first kappa shape index (κ1) is 22.4. The van der Waals surface area contributed by atoms with Crippen molar-refractivity contribution < 1.29 is 13.9 Å². The van der Waals surface area contributed by atoms with E-state index < -0.39 is 0 Å². The van der Waals surface area contributed by atoms with Crippen LogP contribution in [0.5, 0.6) is 11.6 Å². The summed E-state index contributed by atoms with van der Waals surface area (Å²) in [6.07, 6.45) is 1.71. The van der Waals surface area contributed by atoms with E-state index in [1.165, 1.54) is 0 Å². The first-order chi connectivity index (χ1) is 17.0. The maximum Gasteiger partial charge on any atom is 0.344 e. The van der Waals surface area contributed by atoms with Crippen molar-refractivity contribution in [3.8, 4) is 34.1 Å². The zero-order valence-corrected chi connectivity index (χ0v) is 19.9. The minimum absolute atomic E-state index is 0.375. The van der Waals surface area contributed by atoms with Gasteiger partial charge in [0.1, 0.15) is 18.1 Å². The molecule has 0 radical (unpaired) electrons. The summed E-state index contributed by atoms with van der Waals surface area (Å²) in [6.45, 7) is 4.33. The topological polar surface area (TPSA) is 61.6 Å². The highest BCUT2D eigenvalue weighted by Gasteiger charge is 2.18. The van der Waals surface area contributed by atoms with E-state index in [9.17, 15) is 4.79 Å². The van der Waals surface area contributed by atoms with Gasteiger partial charge in [0.15, 0.2) is 0 Å². The Morgan fingerprint density at radius 3 is 2.51 bits per heavy atom. The normalized spacial score (nSPS) is 10.9. The second-order valence-electron chi connectivity index (χ2n) is 8.49. The molecule has 0 aliphatic heterocycles. The molecule has 0 amide bonds. The molecule has 0 spiro atoms. The van der Waals surface area contributed by atoms with E-state index in [0.717, 1.165) is 33.2 Å². The molecule has 0 unspecified atom stereocenters. The van der Waals surface area contributed by atoms with Crippen molar-refractivity contribution in [1.29, 1.82) is 0 Å². The Morgan fingerprint density at radius 1 is 0.886 bits per heavy atom. The highest BCUT2D eigenvalue weighted by molar-refractivity contribution is 5.87. The van der Waals surface area contributed by atoms with E-state index in [0.29, 0.717) is 34.9 Å². The quantitative estimate of drug-likeness (QED) is 0.279. The lowest BCUT2D eigenvalue weighted by Crippen LogP contribution is -2.02. The van der Waals surface area contributed by atoms with E-state index in [1.54, 1.807) is 13.3 Å². The fraction of sp³-hybridized carbons (Fsp3) is 0.133. The maximum absolute atomic E-state index is 12.8. The van der Waals surface area contributed by atoms with Crippen molar-refractivity contribution in [2.24, 2.45) is 0 Å². The molecule has 174 valence electrons. The fourth-order valence-electron chi connectivity index (χ4n) is 4.27. The van der Waals surface area contributed by atoms with Crippen molar-refractivity contribution >= 4 is 10.8 Å². The lowest BCUT2D eigenvalue weighted by Gasteiger charge is -2.16. The molecule has 2 aromatic heterocycles. The van der Waals surface area contributed by atoms with E-state index in [-0.39, 0.29) is 5.63 Å². The molecular formula is C30H25NO4. The van der Waals surface area contributed by atoms with Gasteiger partial charge >= 0.3 is 5.63 Å². The van der Waals surface area contributed by atoms with Crippen LogP contribution in [0, 0.1) is 13.8 Å². The number of hydrogen-bond acceptors (Lipinski definition) is 5. The summed E-state index contributed by atoms with van der Waals surface area (Å²) < 4.78 is 17.6. The van der Waals surface area contributed by atoms with Crippen LogP contribution in [0.4, 0.5) is 0 Å². The second kappa shape index (κ2) is 9.47. The predicted molar refractivity (Wildman–Crippen MR) is 138 cm³/mol. The number of pyridine rings is 1. The van der Waals surface area contributed by atoms with Crippen molar-refractivity contribution in [3.05, 3.63) is 112 Å². The number of nitrogens with zero attached hydrogens (tertiary/aromatic N) is 1. The van der Waals surface area contributed by atoms with Gasteiger partial charge in [0.2, 0.25) is 5.88 Å². The molecule has 3 aromatic carbocycles. The summed E-state index contributed by atoms with van der Waals surface area (Å²) in [5.41, 5.74) is 5.02. The first-order valence-corrected chi connectivity index (χ1v) is 11.4. The van der Waals surface area contributed by atoms with Crippen LogP contribution >= 0.6 is 0 Å². The molecular weight excluding hydrogens is 438 g/mol. The average Bonchev–Trinajstić information content (AvgIpc) is 2.88. The Labute approximate surface area is 203 Å². The summed E-state index contributed by atoms with van der Waals surface area (Å²) in [6, 6.07) is 25.4. The number of methoxy groups -OCH3 is 1. The van der Waals surface area contributed by atoms with Crippen LogP contribution in [0.25, 0.3) is 33.2 Å². The summed E-state index contributed by atoms with van der Waals surface area (Å²) in [5, 5.41) is 1.38. The minimum atomic E-state index is -0.375. The Balaban J connectivity index is 1.61. The molecule has 2 heterocycles. The van der Waals surface area contributed by atoms with Gasteiger partial charge in [0.05, 0.1) is 18.1 Å². The molecule has 0 saturated heterocycles. The molecule has 0 aliphatic rings. The van der Waals surface area contributed by atoms with Gasteiger partial charge in [-0.3, -0.25) is 0 Å². The van der Waals surface area contributed by atoms with Gasteiger partial charge in [-0.2, -0.15) is 0 Å². The summed E-state index contributed by atoms with van der Waals surface area (Å²) in [4.78, 5) is 17.3. The largest absolute Gasteiger partial charge is 0.496 e. The Hall–Kier alpha value is -4.38. The number of fused-ring (bicyclic) bond motifs is 1. The molecule has 0 aliphatic carbocycles. The maximum atomic E-state index is 12.8. The zero-order chi connectivity index (χ0) is 24.4. The Morgan fingerprint density at radius 2 is 1.71 bits per heavy atom. The number of benzene rings is 3. The third kappa shape index (κ3) is 4.53. The predicted octanol–water partition coefficient (Wildman–Crippen LogP) is 6.73. The van der Waals surface area contributed by atoms with Gasteiger partial charge in [-0.25, -0.2) is 9.78 Å². The molecule has 0 fully saturated rings. The van der Waals surface area contributed by atoms with Crippen molar-refractivity contribution in [1.82, 2.24) is 4.98 Å². The van der Waals surface area contributed by atoms with Gasteiger partial charge < -0.3 is 13.9 Å². The van der Waals surface area contributed by atoms with Crippen LogP contribution in [0.2, 0.25) is 0 Å². The number of aryl methyl sites for hydroxylation is 2. The number of hydrogen-bond donors (Lipinski definition) is 0. The summed E-state index contributed by atoms with van der Waals surface area (Å²) in [5.74, 6) is 1.63. The van der Waals surface area contributed by atoms with E-state index in [1.807, 2.05) is 92.7 Å². The van der Waals surface area contributed by atoms with Gasteiger partial charge in [0.25, 0.3) is 0 Å². The highest BCUT2D eigenvalue weighted by atomic mass is 16.5. The SMILES string of the molecule is COc1c(C)cc(-c2cccnc2OCc2ccccc2)cc1-c1cc2ccc(C)cc2c(=O)o1. The smallest absolute Gasteiger partial charge is 0.344 e. The standard InChI is InChI=1S/C30H25NO4/c1-19-11-12-22-17-27(35-30(32)25(22)14-19)26-16-23(15-20(2)28(26)33-3)24-10-7-13-31-29(24)34-18-21-8-5-4-6-9-21/h4-17H,18H2,1-3H3. The molecule has 5 nitrogen and oxygen atoms in total. The molecule has 0 N–H and O–H groups in total. The van der Waals surface area contributed by atoms with E-state index in [2.05, 4.69) is 4.98 Å². The molecule has 0 atom stereocenters. The Bertz CT molecular complexity index is 1570. The van der Waals surface area contributed by atoms with Crippen LogP contribution in [-0.4, -0.2) is 12.1 Å². The van der Waals surface area contributed by atoms with Crippen LogP contribution in [-0.2, 0) is 6.61 Å². The molecule has 5 heteroatoms. The van der Waals surface area contributed by atoms with E-state index in [4.69, 9.17) is 13.9 Å². The highest BCUT2D eigenvalue weighted by Crippen LogP contribution is 2.39. The number of ether oxygens (including phenoxy) is 2. The van der Waals surface area contributed by atoms with Gasteiger partial charge in [-0.1, -0.05) is 48.0 Å².